The second kappa shape index (κ2) is 3.49. The second-order valence-electron chi connectivity index (χ2n) is 3.14. The molecule has 0 unspecified atom stereocenters. The van der Waals surface area contributed by atoms with Crippen LogP contribution in [0.5, 0.6) is 0 Å². The van der Waals surface area contributed by atoms with Crippen molar-refractivity contribution in [3.05, 3.63) is 23.8 Å². The lowest BCUT2D eigenvalue weighted by atomic mass is 10.4. The lowest BCUT2D eigenvalue weighted by molar-refractivity contribution is 0.765. The van der Waals surface area contributed by atoms with Crippen molar-refractivity contribution in [1.82, 2.24) is 25.0 Å². The van der Waals surface area contributed by atoms with Crippen LogP contribution in [0, 0.1) is 6.92 Å². The smallest absolute Gasteiger partial charge is 0.242 e. The Kier molecular flexibility index (Phi) is 2.18. The van der Waals surface area contributed by atoms with Gasteiger partial charge in [-0.3, -0.25) is 9.78 Å². The summed E-state index contributed by atoms with van der Waals surface area (Å²) in [4.78, 5) is 4.04. The van der Waals surface area contributed by atoms with Gasteiger partial charge in [0.15, 0.2) is 0 Å². The first-order chi connectivity index (χ1) is 6.74. The Labute approximate surface area is 81.4 Å². The summed E-state index contributed by atoms with van der Waals surface area (Å²) in [6.07, 6.45) is 1.65. The van der Waals surface area contributed by atoms with Crippen molar-refractivity contribution >= 4 is 5.95 Å². The van der Waals surface area contributed by atoms with E-state index in [9.17, 15) is 0 Å². The Bertz CT molecular complexity index is 375. The number of hydrogen-bond acceptors (Lipinski definition) is 4. The minimum Gasteiger partial charge on any atom is -0.347 e. The molecule has 6 nitrogen and oxygen atoms in total. The average molecular weight is 192 g/mol. The Morgan fingerprint density at radius 3 is 3.00 bits per heavy atom. The lowest BCUT2D eigenvalue weighted by Gasteiger charge is -1.96. The third-order valence-corrected chi connectivity index (χ3v) is 1.79. The quantitative estimate of drug-likeness (QED) is 0.741. The predicted octanol–water partition coefficient (Wildman–Crippen LogP) is 0.459. The monoisotopic (exact) mass is 192 g/mol. The van der Waals surface area contributed by atoms with Gasteiger partial charge in [-0.25, -0.2) is 4.98 Å². The normalized spacial score (nSPS) is 10.4. The van der Waals surface area contributed by atoms with Crippen LogP contribution in [0.1, 0.15) is 11.4 Å². The molecular formula is C8H12N6. The molecule has 0 aliphatic carbocycles. The van der Waals surface area contributed by atoms with Crippen molar-refractivity contribution in [2.45, 2.75) is 13.5 Å². The van der Waals surface area contributed by atoms with Crippen LogP contribution in [0.15, 0.2) is 12.4 Å². The summed E-state index contributed by atoms with van der Waals surface area (Å²) in [5.41, 5.74) is 2.01. The highest BCUT2D eigenvalue weighted by molar-refractivity contribution is 5.23. The summed E-state index contributed by atoms with van der Waals surface area (Å²) in [7, 11) is 1.83. The molecule has 14 heavy (non-hydrogen) atoms. The summed E-state index contributed by atoms with van der Waals surface area (Å²) in [5.74, 6) is 0.619. The molecule has 0 atom stereocenters. The number of H-pyrrole nitrogens is 1. The minimum atomic E-state index is 0.619. The zero-order chi connectivity index (χ0) is 9.97. The molecule has 0 aliphatic rings. The van der Waals surface area contributed by atoms with Gasteiger partial charge in [0.25, 0.3) is 0 Å². The molecule has 0 saturated heterocycles. The molecule has 2 rings (SSSR count). The summed E-state index contributed by atoms with van der Waals surface area (Å²) in [5, 5.41) is 14.1. The van der Waals surface area contributed by atoms with Gasteiger partial charge in [0.05, 0.1) is 12.2 Å². The van der Waals surface area contributed by atoms with E-state index in [2.05, 4.69) is 25.6 Å². The summed E-state index contributed by atoms with van der Waals surface area (Å²) in [6, 6.07) is 1.98. The Hall–Kier alpha value is -1.85. The van der Waals surface area contributed by atoms with Crippen molar-refractivity contribution in [1.29, 1.82) is 0 Å². The number of hydrogen-bond donors (Lipinski definition) is 2. The summed E-state index contributed by atoms with van der Waals surface area (Å²) >= 11 is 0. The van der Waals surface area contributed by atoms with Gasteiger partial charge in [0.1, 0.15) is 6.33 Å². The van der Waals surface area contributed by atoms with Gasteiger partial charge in [-0.1, -0.05) is 0 Å². The number of aryl methyl sites for hydroxylation is 2. The highest BCUT2D eigenvalue weighted by Crippen LogP contribution is 2.01. The summed E-state index contributed by atoms with van der Waals surface area (Å²) < 4.78 is 1.65. The van der Waals surface area contributed by atoms with E-state index in [0.717, 1.165) is 11.4 Å². The van der Waals surface area contributed by atoms with Crippen LogP contribution in [0.4, 0.5) is 5.95 Å². The fourth-order valence-electron chi connectivity index (χ4n) is 1.15. The standard InChI is InChI=1S/C8H12N6/c1-6-3-7(12-11-6)4-9-8-10-5-14(2)13-8/h3,5H,4H2,1-2H3,(H,9,13)(H,11,12). The van der Waals surface area contributed by atoms with Crippen LogP contribution in [0.25, 0.3) is 0 Å². The van der Waals surface area contributed by atoms with E-state index in [-0.39, 0.29) is 0 Å². The maximum atomic E-state index is 4.09. The average Bonchev–Trinajstić information content (AvgIpc) is 2.72. The van der Waals surface area contributed by atoms with E-state index < -0.39 is 0 Å². The molecule has 2 aromatic heterocycles. The predicted molar refractivity (Wildman–Crippen MR) is 51.7 cm³/mol. The molecule has 0 aromatic carbocycles. The molecule has 0 saturated carbocycles. The second-order valence-corrected chi connectivity index (χ2v) is 3.14. The molecule has 0 amide bonds. The van der Waals surface area contributed by atoms with Crippen LogP contribution in [0.2, 0.25) is 0 Å². The van der Waals surface area contributed by atoms with Crippen LogP contribution in [-0.2, 0) is 13.6 Å². The number of anilines is 1. The third-order valence-electron chi connectivity index (χ3n) is 1.79. The Morgan fingerprint density at radius 1 is 1.57 bits per heavy atom. The molecule has 0 radical (unpaired) electrons. The van der Waals surface area contributed by atoms with E-state index in [4.69, 9.17) is 0 Å². The largest absolute Gasteiger partial charge is 0.347 e. The molecule has 0 aliphatic heterocycles. The molecule has 0 spiro atoms. The van der Waals surface area contributed by atoms with Crippen molar-refractivity contribution in [3.63, 3.8) is 0 Å². The van der Waals surface area contributed by atoms with E-state index in [1.807, 2.05) is 20.0 Å². The molecule has 74 valence electrons. The van der Waals surface area contributed by atoms with Gasteiger partial charge in [-0.2, -0.15) is 5.10 Å². The van der Waals surface area contributed by atoms with Crippen LogP contribution in [-0.4, -0.2) is 25.0 Å². The molecular weight excluding hydrogens is 180 g/mol. The summed E-state index contributed by atoms with van der Waals surface area (Å²) in [6.45, 7) is 2.60. The highest BCUT2D eigenvalue weighted by Gasteiger charge is 2.00. The lowest BCUT2D eigenvalue weighted by Crippen LogP contribution is -2.02. The zero-order valence-electron chi connectivity index (χ0n) is 8.15. The number of rotatable bonds is 3. The number of aromatic amines is 1. The number of nitrogens with one attached hydrogen (secondary N) is 2. The molecule has 0 fully saturated rings. The van der Waals surface area contributed by atoms with Gasteiger partial charge in [-0.15, -0.1) is 5.10 Å². The highest BCUT2D eigenvalue weighted by atomic mass is 15.4. The molecule has 6 heteroatoms. The van der Waals surface area contributed by atoms with E-state index >= 15 is 0 Å². The van der Waals surface area contributed by atoms with E-state index in [1.165, 1.54) is 0 Å². The first kappa shape index (κ1) is 8.74. The third kappa shape index (κ3) is 1.90. The van der Waals surface area contributed by atoms with Gasteiger partial charge in [0.2, 0.25) is 5.95 Å². The van der Waals surface area contributed by atoms with Gasteiger partial charge < -0.3 is 5.32 Å². The molecule has 2 heterocycles. The maximum absolute atomic E-state index is 4.09. The SMILES string of the molecule is Cc1cc(CNc2ncn(C)n2)n[nH]1. The van der Waals surface area contributed by atoms with Gasteiger partial charge in [-0.05, 0) is 13.0 Å². The van der Waals surface area contributed by atoms with Crippen LogP contribution < -0.4 is 5.32 Å². The molecule has 2 N–H and O–H groups in total. The van der Waals surface area contributed by atoms with Crippen molar-refractivity contribution in [3.8, 4) is 0 Å². The topological polar surface area (TPSA) is 71.4 Å². The first-order valence-electron chi connectivity index (χ1n) is 4.34. The van der Waals surface area contributed by atoms with Crippen molar-refractivity contribution in [2.75, 3.05) is 5.32 Å². The fraction of sp³-hybridized carbons (Fsp3) is 0.375. The Morgan fingerprint density at radius 2 is 2.43 bits per heavy atom. The minimum absolute atomic E-state index is 0.619. The fourth-order valence-corrected chi connectivity index (χ4v) is 1.15. The number of nitrogens with zero attached hydrogens (tertiary/aromatic N) is 4. The van der Waals surface area contributed by atoms with Crippen LogP contribution >= 0.6 is 0 Å². The molecule has 2 aromatic rings. The van der Waals surface area contributed by atoms with E-state index in [1.54, 1.807) is 11.0 Å². The maximum Gasteiger partial charge on any atom is 0.242 e. The molecule has 0 bridgehead atoms. The van der Waals surface area contributed by atoms with Gasteiger partial charge in [0, 0.05) is 12.7 Å². The number of aromatic nitrogens is 5. The first-order valence-corrected chi connectivity index (χ1v) is 4.34. The Balaban J connectivity index is 1.94. The van der Waals surface area contributed by atoms with Crippen molar-refractivity contribution in [2.24, 2.45) is 7.05 Å². The van der Waals surface area contributed by atoms with Crippen LogP contribution in [0.3, 0.4) is 0 Å². The zero-order valence-corrected chi connectivity index (χ0v) is 8.15. The van der Waals surface area contributed by atoms with Crippen molar-refractivity contribution < 1.29 is 0 Å². The van der Waals surface area contributed by atoms with E-state index in [0.29, 0.717) is 12.5 Å². The van der Waals surface area contributed by atoms with Gasteiger partial charge >= 0.3 is 0 Å².